The molecule has 0 bridgehead atoms. The van der Waals surface area contributed by atoms with E-state index in [4.69, 9.17) is 4.98 Å². The molecule has 2 nitrogen and oxygen atoms in total. The van der Waals surface area contributed by atoms with E-state index in [1.54, 1.807) is 0 Å². The summed E-state index contributed by atoms with van der Waals surface area (Å²) in [7, 11) is 0. The highest BCUT2D eigenvalue weighted by molar-refractivity contribution is 5.71. The van der Waals surface area contributed by atoms with Crippen LogP contribution in [0.15, 0.2) is 79.1 Å². The maximum atomic E-state index is 4.96. The van der Waals surface area contributed by atoms with E-state index >= 15 is 0 Å². The van der Waals surface area contributed by atoms with Crippen molar-refractivity contribution in [3.05, 3.63) is 95.8 Å². The SMILES string of the molecule is CCC(C)(C)c1ccccc1-c1nccn1-c1c(CC(C)C)cc(-c2ccccc2)cc1CC(C)C. The fourth-order valence-electron chi connectivity index (χ4n) is 5.20. The lowest BCUT2D eigenvalue weighted by molar-refractivity contribution is 0.507. The lowest BCUT2D eigenvalue weighted by Gasteiger charge is -2.27. The average Bonchev–Trinajstić information content (AvgIpc) is 3.33. The Morgan fingerprint density at radius 1 is 0.778 bits per heavy atom. The molecule has 0 saturated carbocycles. The van der Waals surface area contributed by atoms with Crippen LogP contribution in [-0.4, -0.2) is 9.55 Å². The third kappa shape index (κ3) is 5.48. The van der Waals surface area contributed by atoms with Crippen molar-refractivity contribution in [2.45, 2.75) is 73.1 Å². The van der Waals surface area contributed by atoms with Crippen molar-refractivity contribution >= 4 is 0 Å². The van der Waals surface area contributed by atoms with Crippen LogP contribution in [0.1, 0.15) is 71.6 Å². The Balaban J connectivity index is 1.99. The highest BCUT2D eigenvalue weighted by Gasteiger charge is 2.25. The van der Waals surface area contributed by atoms with Crippen molar-refractivity contribution < 1.29 is 0 Å². The first-order valence-corrected chi connectivity index (χ1v) is 13.6. The molecule has 3 aromatic carbocycles. The third-order valence-corrected chi connectivity index (χ3v) is 7.29. The topological polar surface area (TPSA) is 17.8 Å². The van der Waals surface area contributed by atoms with E-state index in [0.717, 1.165) is 25.1 Å². The Kier molecular flexibility index (Phi) is 7.83. The summed E-state index contributed by atoms with van der Waals surface area (Å²) >= 11 is 0. The molecule has 4 aromatic rings. The standard InChI is InChI=1S/C34H42N2/c1-8-34(6,7)31-17-13-12-16-30(31)33-35-18-19-36(33)32-28(20-24(2)3)22-27(23-29(32)21-25(4)5)26-14-10-9-11-15-26/h9-19,22-25H,8,20-21H2,1-7H3. The van der Waals surface area contributed by atoms with Gasteiger partial charge in [0.1, 0.15) is 5.82 Å². The van der Waals surface area contributed by atoms with Crippen LogP contribution in [0.25, 0.3) is 28.2 Å². The molecule has 36 heavy (non-hydrogen) atoms. The van der Waals surface area contributed by atoms with E-state index in [-0.39, 0.29) is 5.41 Å². The normalized spacial score (nSPS) is 12.0. The molecule has 0 radical (unpaired) electrons. The second-order valence-electron chi connectivity index (χ2n) is 11.6. The van der Waals surface area contributed by atoms with E-state index < -0.39 is 0 Å². The van der Waals surface area contributed by atoms with Crippen LogP contribution in [0.2, 0.25) is 0 Å². The van der Waals surface area contributed by atoms with Crippen molar-refractivity contribution in [1.82, 2.24) is 9.55 Å². The van der Waals surface area contributed by atoms with Gasteiger partial charge in [-0.15, -0.1) is 0 Å². The smallest absolute Gasteiger partial charge is 0.144 e. The predicted octanol–water partition coefficient (Wildman–Crippen LogP) is 9.29. The van der Waals surface area contributed by atoms with Gasteiger partial charge >= 0.3 is 0 Å². The van der Waals surface area contributed by atoms with Crippen molar-refractivity contribution in [3.8, 4) is 28.2 Å². The van der Waals surface area contributed by atoms with Crippen LogP contribution < -0.4 is 0 Å². The van der Waals surface area contributed by atoms with E-state index in [1.807, 2.05) is 6.20 Å². The van der Waals surface area contributed by atoms with Crippen LogP contribution in [0.5, 0.6) is 0 Å². The summed E-state index contributed by atoms with van der Waals surface area (Å²) in [5.41, 5.74) is 9.35. The molecule has 0 fully saturated rings. The molecule has 4 rings (SSSR count). The van der Waals surface area contributed by atoms with Gasteiger partial charge in [0.2, 0.25) is 0 Å². The number of benzene rings is 3. The zero-order valence-electron chi connectivity index (χ0n) is 23.2. The van der Waals surface area contributed by atoms with Crippen molar-refractivity contribution in [3.63, 3.8) is 0 Å². The van der Waals surface area contributed by atoms with Crippen molar-refractivity contribution in [2.24, 2.45) is 11.8 Å². The quantitative estimate of drug-likeness (QED) is 0.234. The first-order valence-electron chi connectivity index (χ1n) is 13.6. The Bertz CT molecular complexity index is 1260. The van der Waals surface area contributed by atoms with Gasteiger partial charge in [0.05, 0.1) is 5.69 Å². The summed E-state index contributed by atoms with van der Waals surface area (Å²) in [5.74, 6) is 2.15. The first-order chi connectivity index (χ1) is 17.2. The molecule has 0 N–H and O–H groups in total. The number of imidazole rings is 1. The Morgan fingerprint density at radius 2 is 1.36 bits per heavy atom. The number of hydrogen-bond acceptors (Lipinski definition) is 1. The highest BCUT2D eigenvalue weighted by Crippen LogP contribution is 2.38. The van der Waals surface area contributed by atoms with E-state index in [0.29, 0.717) is 11.8 Å². The van der Waals surface area contributed by atoms with Crippen LogP contribution in [0, 0.1) is 11.8 Å². The first kappa shape index (κ1) is 25.9. The zero-order valence-corrected chi connectivity index (χ0v) is 23.2. The van der Waals surface area contributed by atoms with Gasteiger partial charge in [-0.2, -0.15) is 0 Å². The number of rotatable bonds is 9. The number of nitrogens with zero attached hydrogens (tertiary/aromatic N) is 2. The van der Waals surface area contributed by atoms with E-state index in [2.05, 4.69) is 126 Å². The van der Waals surface area contributed by atoms with Gasteiger partial charge in [-0.1, -0.05) is 103 Å². The molecule has 0 aliphatic carbocycles. The molecule has 0 spiro atoms. The molecule has 0 unspecified atom stereocenters. The maximum absolute atomic E-state index is 4.96. The second-order valence-corrected chi connectivity index (χ2v) is 11.6. The zero-order chi connectivity index (χ0) is 25.9. The van der Waals surface area contributed by atoms with Gasteiger partial charge in [-0.25, -0.2) is 4.98 Å². The van der Waals surface area contributed by atoms with Gasteiger partial charge in [-0.3, -0.25) is 4.57 Å². The molecule has 0 saturated heterocycles. The number of aromatic nitrogens is 2. The fraction of sp³-hybridized carbons (Fsp3) is 0.382. The van der Waals surface area contributed by atoms with Crippen molar-refractivity contribution in [1.29, 1.82) is 0 Å². The summed E-state index contributed by atoms with van der Waals surface area (Å²) in [6.45, 7) is 16.2. The molecule has 1 heterocycles. The van der Waals surface area contributed by atoms with Gasteiger partial charge in [0.15, 0.2) is 0 Å². The van der Waals surface area contributed by atoms with E-state index in [9.17, 15) is 0 Å². The van der Waals surface area contributed by atoms with Crippen LogP contribution >= 0.6 is 0 Å². The number of hydrogen-bond donors (Lipinski definition) is 0. The second kappa shape index (κ2) is 10.9. The minimum atomic E-state index is 0.0755. The predicted molar refractivity (Wildman–Crippen MR) is 155 cm³/mol. The van der Waals surface area contributed by atoms with E-state index in [1.165, 1.54) is 39.1 Å². The molecule has 1 aromatic heterocycles. The molecule has 2 heteroatoms. The highest BCUT2D eigenvalue weighted by atomic mass is 15.1. The summed E-state index contributed by atoms with van der Waals surface area (Å²) < 4.78 is 2.37. The molecule has 0 atom stereocenters. The molecule has 0 aliphatic heterocycles. The monoisotopic (exact) mass is 478 g/mol. The summed E-state index contributed by atoms with van der Waals surface area (Å²) in [6, 6.07) is 24.5. The molecule has 0 amide bonds. The third-order valence-electron chi connectivity index (χ3n) is 7.29. The average molecular weight is 479 g/mol. The molecular weight excluding hydrogens is 436 g/mol. The Labute approximate surface area is 218 Å². The fourth-order valence-corrected chi connectivity index (χ4v) is 5.20. The van der Waals surface area contributed by atoms with Crippen LogP contribution in [0.4, 0.5) is 0 Å². The van der Waals surface area contributed by atoms with Crippen LogP contribution in [-0.2, 0) is 18.3 Å². The van der Waals surface area contributed by atoms with Crippen LogP contribution in [0.3, 0.4) is 0 Å². The van der Waals surface area contributed by atoms with Crippen molar-refractivity contribution in [2.75, 3.05) is 0 Å². The lowest BCUT2D eigenvalue weighted by atomic mass is 9.79. The van der Waals surface area contributed by atoms with Gasteiger partial charge in [0, 0.05) is 18.0 Å². The lowest BCUT2D eigenvalue weighted by Crippen LogP contribution is -2.18. The summed E-state index contributed by atoms with van der Waals surface area (Å²) in [4.78, 5) is 4.96. The minimum absolute atomic E-state index is 0.0755. The summed E-state index contributed by atoms with van der Waals surface area (Å²) in [6.07, 6.45) is 7.26. The molecule has 0 aliphatic rings. The minimum Gasteiger partial charge on any atom is -0.299 e. The Morgan fingerprint density at radius 3 is 1.94 bits per heavy atom. The largest absolute Gasteiger partial charge is 0.299 e. The molecular formula is C34H42N2. The maximum Gasteiger partial charge on any atom is 0.144 e. The van der Waals surface area contributed by atoms with Gasteiger partial charge in [0.25, 0.3) is 0 Å². The van der Waals surface area contributed by atoms with Gasteiger partial charge < -0.3 is 0 Å². The molecule has 188 valence electrons. The van der Waals surface area contributed by atoms with Gasteiger partial charge in [-0.05, 0) is 76.5 Å². The summed E-state index contributed by atoms with van der Waals surface area (Å²) in [5, 5.41) is 0. The Hall–Kier alpha value is -3.13.